The standard InChI is InChI=1S/C28H36N4O5S/c1-16-21(25(27(35)36)31-24(16)23(17(2)33)26(31)34)15-37-22-11-6-9-19-18(8-5-10-20(19)22)14-32(3,4)12-7-13-38-28(29)30/h5-6,8-11,16-17,23-24,33H,7,12-15H2,1-4H3,(H3-,29,30,35,36)/p+1/t16-,17+,23+,24+/m0/s1. The molecule has 0 bridgehead atoms. The number of nitrogens with two attached hydrogens (primary N) is 1. The van der Waals surface area contributed by atoms with Gasteiger partial charge in [-0.2, -0.15) is 0 Å². The van der Waals surface area contributed by atoms with Gasteiger partial charge in [0.2, 0.25) is 5.91 Å². The van der Waals surface area contributed by atoms with Crippen molar-refractivity contribution in [3.05, 3.63) is 53.2 Å². The number of amidine groups is 1. The second-order valence-electron chi connectivity index (χ2n) is 10.9. The number of carbonyl (C=O) groups is 2. The molecule has 0 radical (unpaired) electrons. The van der Waals surface area contributed by atoms with E-state index in [0.29, 0.717) is 11.3 Å². The van der Waals surface area contributed by atoms with Gasteiger partial charge in [0.25, 0.3) is 0 Å². The molecule has 0 aliphatic carbocycles. The predicted octanol–water partition coefficient (Wildman–Crippen LogP) is 3.01. The number of aliphatic hydroxyl groups is 1. The van der Waals surface area contributed by atoms with Crippen LogP contribution >= 0.6 is 11.8 Å². The molecule has 0 unspecified atom stereocenters. The summed E-state index contributed by atoms with van der Waals surface area (Å²) < 4.78 is 7.02. The number of hydrogen-bond donors (Lipinski definition) is 4. The highest BCUT2D eigenvalue weighted by Gasteiger charge is 2.59. The molecule has 2 aromatic carbocycles. The van der Waals surface area contributed by atoms with Gasteiger partial charge in [-0.25, -0.2) is 4.79 Å². The molecule has 1 fully saturated rings. The molecule has 1 saturated heterocycles. The van der Waals surface area contributed by atoms with Crippen molar-refractivity contribution in [1.82, 2.24) is 4.90 Å². The number of thioether (sulfide) groups is 1. The first-order valence-corrected chi connectivity index (χ1v) is 13.8. The van der Waals surface area contributed by atoms with Gasteiger partial charge >= 0.3 is 5.97 Å². The Morgan fingerprint density at radius 2 is 1.92 bits per heavy atom. The van der Waals surface area contributed by atoms with E-state index in [1.807, 2.05) is 31.2 Å². The predicted molar refractivity (Wildman–Crippen MR) is 149 cm³/mol. The molecule has 5 N–H and O–H groups in total. The Kier molecular flexibility index (Phi) is 8.06. The monoisotopic (exact) mass is 541 g/mol. The van der Waals surface area contributed by atoms with Gasteiger partial charge in [0, 0.05) is 34.6 Å². The topological polar surface area (TPSA) is 137 Å². The molecule has 2 heterocycles. The van der Waals surface area contributed by atoms with Crippen LogP contribution in [0.25, 0.3) is 10.8 Å². The van der Waals surface area contributed by atoms with Crippen LogP contribution in [0.2, 0.25) is 0 Å². The molecule has 10 heteroatoms. The molecular weight excluding hydrogens is 504 g/mol. The quantitative estimate of drug-likeness (QED) is 0.113. The molecule has 2 aliphatic rings. The maximum Gasteiger partial charge on any atom is 0.352 e. The second kappa shape index (κ2) is 11.0. The van der Waals surface area contributed by atoms with E-state index in [1.165, 1.54) is 22.2 Å². The second-order valence-corrected chi connectivity index (χ2v) is 12.0. The molecule has 1 amide bonds. The van der Waals surface area contributed by atoms with Crippen LogP contribution in [-0.2, 0) is 16.1 Å². The number of fused-ring (bicyclic) bond motifs is 2. The smallest absolute Gasteiger partial charge is 0.352 e. The van der Waals surface area contributed by atoms with Gasteiger partial charge in [0.05, 0.1) is 38.7 Å². The van der Waals surface area contributed by atoms with Crippen LogP contribution in [0.4, 0.5) is 0 Å². The number of quaternary nitrogens is 1. The van der Waals surface area contributed by atoms with Crippen LogP contribution in [0.1, 0.15) is 25.8 Å². The molecule has 204 valence electrons. The highest BCUT2D eigenvalue weighted by Crippen LogP contribution is 2.47. The molecular formula is C28H37N4O5S+. The van der Waals surface area contributed by atoms with Gasteiger partial charge in [0.15, 0.2) is 5.17 Å². The fraction of sp³-hybridized carbons (Fsp3) is 0.464. The molecule has 2 aromatic rings. The number of aliphatic hydroxyl groups excluding tert-OH is 1. The van der Waals surface area contributed by atoms with Crippen molar-refractivity contribution in [3.8, 4) is 5.75 Å². The number of carboxylic acids is 1. The fourth-order valence-corrected chi connectivity index (χ4v) is 6.31. The fourth-order valence-electron chi connectivity index (χ4n) is 5.81. The van der Waals surface area contributed by atoms with Crippen LogP contribution in [0.15, 0.2) is 47.7 Å². The first kappa shape index (κ1) is 27.9. The third kappa shape index (κ3) is 5.39. The minimum absolute atomic E-state index is 0.0210. The van der Waals surface area contributed by atoms with E-state index in [-0.39, 0.29) is 35.3 Å². The Labute approximate surface area is 227 Å². The zero-order valence-electron chi connectivity index (χ0n) is 22.3. The van der Waals surface area contributed by atoms with Gasteiger partial charge in [0.1, 0.15) is 24.6 Å². The Morgan fingerprint density at radius 1 is 1.24 bits per heavy atom. The van der Waals surface area contributed by atoms with Crippen LogP contribution in [0.5, 0.6) is 5.75 Å². The maximum atomic E-state index is 12.6. The minimum Gasteiger partial charge on any atom is -0.488 e. The summed E-state index contributed by atoms with van der Waals surface area (Å²) in [5, 5.41) is 29.5. The lowest BCUT2D eigenvalue weighted by Gasteiger charge is -2.46. The maximum absolute atomic E-state index is 12.6. The van der Waals surface area contributed by atoms with Crippen LogP contribution in [0.3, 0.4) is 0 Å². The Balaban J connectivity index is 1.53. The molecule has 0 spiro atoms. The zero-order chi connectivity index (χ0) is 27.8. The number of β-lactam (4-membered cyclic amide) rings is 1. The molecule has 0 saturated carbocycles. The summed E-state index contributed by atoms with van der Waals surface area (Å²) in [5.41, 5.74) is 7.18. The van der Waals surface area contributed by atoms with E-state index in [4.69, 9.17) is 15.9 Å². The van der Waals surface area contributed by atoms with Gasteiger partial charge < -0.3 is 30.1 Å². The molecule has 38 heavy (non-hydrogen) atoms. The highest BCUT2D eigenvalue weighted by atomic mass is 32.2. The summed E-state index contributed by atoms with van der Waals surface area (Å²) in [6, 6.07) is 11.7. The largest absolute Gasteiger partial charge is 0.488 e. The van der Waals surface area contributed by atoms with E-state index >= 15 is 0 Å². The number of benzene rings is 2. The first-order valence-electron chi connectivity index (χ1n) is 12.8. The number of ether oxygens (including phenoxy) is 1. The first-order chi connectivity index (χ1) is 17.9. The third-order valence-electron chi connectivity index (χ3n) is 7.64. The molecule has 9 nitrogen and oxygen atoms in total. The Morgan fingerprint density at radius 3 is 2.58 bits per heavy atom. The summed E-state index contributed by atoms with van der Waals surface area (Å²) in [6.45, 7) is 5.27. The van der Waals surface area contributed by atoms with Gasteiger partial charge in [-0.15, -0.1) is 0 Å². The number of rotatable bonds is 11. The van der Waals surface area contributed by atoms with Crippen LogP contribution < -0.4 is 10.5 Å². The van der Waals surface area contributed by atoms with E-state index in [9.17, 15) is 19.8 Å². The van der Waals surface area contributed by atoms with Crippen molar-refractivity contribution < 1.29 is 29.0 Å². The van der Waals surface area contributed by atoms with Crippen molar-refractivity contribution in [1.29, 1.82) is 5.41 Å². The van der Waals surface area contributed by atoms with Crippen molar-refractivity contribution in [3.63, 3.8) is 0 Å². The number of nitrogens with one attached hydrogen (secondary N) is 1. The van der Waals surface area contributed by atoms with E-state index < -0.39 is 18.0 Å². The molecule has 4 atom stereocenters. The van der Waals surface area contributed by atoms with E-state index in [2.05, 4.69) is 26.2 Å². The normalized spacial score (nSPS) is 21.9. The lowest BCUT2D eigenvalue weighted by Crippen LogP contribution is -2.63. The lowest BCUT2D eigenvalue weighted by atomic mass is 9.78. The number of hydrogen-bond acceptors (Lipinski definition) is 6. The molecule has 4 rings (SSSR count). The van der Waals surface area contributed by atoms with Gasteiger partial charge in [-0.1, -0.05) is 49.0 Å². The third-order valence-corrected chi connectivity index (χ3v) is 8.44. The SMILES string of the molecule is C[C@@H](O)[C@H]1C(=O)N2C(C(=O)O)=C(COc3cccc4c(C[N+](C)(C)CCCSC(=N)N)cccc34)[C@H](C)[C@H]12. The van der Waals surface area contributed by atoms with Crippen LogP contribution in [0, 0.1) is 17.2 Å². The Hall–Kier alpha value is -3.08. The van der Waals surface area contributed by atoms with Gasteiger partial charge in [-0.05, 0) is 18.4 Å². The number of carboxylic acid groups (broad SMARTS) is 1. The Bertz CT molecular complexity index is 1290. The lowest BCUT2D eigenvalue weighted by molar-refractivity contribution is -0.903. The highest BCUT2D eigenvalue weighted by molar-refractivity contribution is 8.13. The van der Waals surface area contributed by atoms with Gasteiger partial charge in [-0.3, -0.25) is 10.2 Å². The molecule has 2 aliphatic heterocycles. The van der Waals surface area contributed by atoms with Crippen molar-refractivity contribution in [2.24, 2.45) is 17.6 Å². The van der Waals surface area contributed by atoms with Crippen molar-refractivity contribution in [2.45, 2.75) is 39.0 Å². The van der Waals surface area contributed by atoms with Crippen molar-refractivity contribution in [2.75, 3.05) is 33.0 Å². The van der Waals surface area contributed by atoms with Crippen molar-refractivity contribution >= 4 is 39.6 Å². The summed E-state index contributed by atoms with van der Waals surface area (Å²) in [7, 11) is 4.37. The number of nitrogens with zero attached hydrogens (tertiary/aromatic N) is 2. The summed E-state index contributed by atoms with van der Waals surface area (Å²) >= 11 is 1.37. The van der Waals surface area contributed by atoms with Crippen LogP contribution in [-0.4, -0.2) is 81.8 Å². The number of amides is 1. The average Bonchev–Trinajstić information content (AvgIpc) is 3.08. The summed E-state index contributed by atoms with van der Waals surface area (Å²) in [5.74, 6) is -0.858. The summed E-state index contributed by atoms with van der Waals surface area (Å²) in [4.78, 5) is 26.0. The van der Waals surface area contributed by atoms with E-state index in [1.54, 1.807) is 6.92 Å². The van der Waals surface area contributed by atoms with E-state index in [0.717, 1.165) is 40.5 Å². The summed E-state index contributed by atoms with van der Waals surface area (Å²) in [6.07, 6.45) is 0.111. The zero-order valence-corrected chi connectivity index (χ0v) is 23.1. The minimum atomic E-state index is -1.16. The number of aliphatic carboxylic acids is 1. The molecule has 0 aromatic heterocycles. The average molecular weight is 542 g/mol. The number of carbonyl (C=O) groups excluding carboxylic acids is 1.